The van der Waals surface area contributed by atoms with Crippen molar-refractivity contribution in [3.05, 3.63) is 76.5 Å². The molecule has 0 fully saturated rings. The molecule has 0 radical (unpaired) electrons. The van der Waals surface area contributed by atoms with Crippen LogP contribution in [0.25, 0.3) is 17.0 Å². The molecule has 0 saturated carbocycles. The van der Waals surface area contributed by atoms with Crippen molar-refractivity contribution in [3.63, 3.8) is 0 Å². The number of hydrogen-bond donors (Lipinski definition) is 2. The average Bonchev–Trinajstić information content (AvgIpc) is 3.48. The minimum Gasteiger partial charge on any atom is -0.323 e. The molecule has 5 heterocycles. The van der Waals surface area contributed by atoms with Gasteiger partial charge in [-0.15, -0.1) is 22.7 Å². The molecule has 5 aromatic rings. The lowest BCUT2D eigenvalue weighted by atomic mass is 10.3. The van der Waals surface area contributed by atoms with E-state index in [9.17, 15) is 4.79 Å². The molecule has 0 spiro atoms. The molecule has 1 amide bonds. The van der Waals surface area contributed by atoms with E-state index >= 15 is 0 Å². The molecular weight excluding hydrogens is 428 g/mol. The zero-order valence-corrected chi connectivity index (χ0v) is 18.4. The van der Waals surface area contributed by atoms with Crippen LogP contribution in [-0.4, -0.2) is 25.3 Å². The summed E-state index contributed by atoms with van der Waals surface area (Å²) in [7, 11) is 0. The van der Waals surface area contributed by atoms with E-state index in [0.29, 0.717) is 10.6 Å². The summed E-state index contributed by atoms with van der Waals surface area (Å²) in [5.74, 6) is -0.157. The molecule has 0 aromatic carbocycles. The number of pyridine rings is 2. The molecule has 9 heteroatoms. The minimum absolute atomic E-state index is 0.157. The van der Waals surface area contributed by atoms with Gasteiger partial charge in [0.05, 0.1) is 33.2 Å². The van der Waals surface area contributed by atoms with E-state index in [1.807, 2.05) is 61.0 Å². The summed E-state index contributed by atoms with van der Waals surface area (Å²) in [6, 6.07) is 13.2. The molecule has 2 N–H and O–H groups in total. The Morgan fingerprint density at radius 2 is 1.94 bits per heavy atom. The van der Waals surface area contributed by atoms with Gasteiger partial charge in [-0.25, -0.2) is 9.97 Å². The normalized spacial score (nSPS) is 11.0. The second kappa shape index (κ2) is 7.93. The van der Waals surface area contributed by atoms with E-state index in [2.05, 4.69) is 20.6 Å². The highest BCUT2D eigenvalue weighted by Gasteiger charge is 2.16. The van der Waals surface area contributed by atoms with Crippen LogP contribution in [0.15, 0.2) is 61.1 Å². The second-order valence-electron chi connectivity index (χ2n) is 6.88. The first-order valence-electron chi connectivity index (χ1n) is 9.58. The maximum Gasteiger partial charge on any atom is 0.265 e. The average molecular weight is 447 g/mol. The zero-order valence-electron chi connectivity index (χ0n) is 16.8. The van der Waals surface area contributed by atoms with E-state index in [-0.39, 0.29) is 5.91 Å². The number of imidazole rings is 1. The third-order valence-corrected chi connectivity index (χ3v) is 6.66. The molecule has 5 rings (SSSR count). The molecule has 7 nitrogen and oxygen atoms in total. The first-order valence-corrected chi connectivity index (χ1v) is 11.2. The molecule has 0 aliphatic heterocycles. The summed E-state index contributed by atoms with van der Waals surface area (Å²) >= 11 is 2.95. The fourth-order valence-corrected chi connectivity index (χ4v) is 4.93. The SMILES string of the molecule is Cc1ncccc1NC(=O)c1ccc(Nc2nc(-c3cnc4ccccn34)c(C)s2)s1. The molecule has 0 aliphatic carbocycles. The lowest BCUT2D eigenvalue weighted by Gasteiger charge is -2.05. The van der Waals surface area contributed by atoms with Crippen LogP contribution in [-0.2, 0) is 0 Å². The molecule has 31 heavy (non-hydrogen) atoms. The number of carbonyl (C=O) groups is 1. The van der Waals surface area contributed by atoms with Gasteiger partial charge < -0.3 is 10.6 Å². The third-order valence-electron chi connectivity index (χ3n) is 4.77. The highest BCUT2D eigenvalue weighted by Crippen LogP contribution is 2.34. The maximum atomic E-state index is 12.6. The lowest BCUT2D eigenvalue weighted by Crippen LogP contribution is -2.11. The standard InChI is InChI=1S/C22H18N6OS2/c1-13-15(6-5-10-23-13)25-21(29)17-8-9-19(31-17)26-22-27-20(14(2)30-22)16-12-24-18-7-3-4-11-28(16)18/h3-12H,1-2H3,(H,25,29)(H,26,27). The fraction of sp³-hybridized carbons (Fsp3) is 0.0909. The van der Waals surface area contributed by atoms with Gasteiger partial charge in [0.15, 0.2) is 5.13 Å². The van der Waals surface area contributed by atoms with E-state index in [1.165, 1.54) is 11.3 Å². The van der Waals surface area contributed by atoms with Gasteiger partial charge >= 0.3 is 0 Å². The van der Waals surface area contributed by atoms with Crippen molar-refractivity contribution in [2.75, 3.05) is 10.6 Å². The number of fused-ring (bicyclic) bond motifs is 1. The van der Waals surface area contributed by atoms with Crippen molar-refractivity contribution in [3.8, 4) is 11.4 Å². The summed E-state index contributed by atoms with van der Waals surface area (Å²) in [5.41, 5.74) is 4.23. The summed E-state index contributed by atoms with van der Waals surface area (Å²) in [4.78, 5) is 27.7. The predicted octanol–water partition coefficient (Wildman–Crippen LogP) is 5.53. The lowest BCUT2D eigenvalue weighted by molar-refractivity contribution is 0.103. The monoisotopic (exact) mass is 446 g/mol. The van der Waals surface area contributed by atoms with Crippen LogP contribution in [0.5, 0.6) is 0 Å². The number of amides is 1. The van der Waals surface area contributed by atoms with Crippen LogP contribution in [0, 0.1) is 13.8 Å². The van der Waals surface area contributed by atoms with Crippen LogP contribution in [0.3, 0.4) is 0 Å². The van der Waals surface area contributed by atoms with Crippen LogP contribution >= 0.6 is 22.7 Å². The van der Waals surface area contributed by atoms with Gasteiger partial charge in [0.2, 0.25) is 0 Å². The van der Waals surface area contributed by atoms with E-state index in [4.69, 9.17) is 4.98 Å². The van der Waals surface area contributed by atoms with Crippen molar-refractivity contribution in [1.82, 2.24) is 19.4 Å². The number of thiophene rings is 1. The van der Waals surface area contributed by atoms with Gasteiger partial charge in [0, 0.05) is 17.3 Å². The van der Waals surface area contributed by atoms with Crippen molar-refractivity contribution in [2.24, 2.45) is 0 Å². The van der Waals surface area contributed by atoms with E-state index < -0.39 is 0 Å². The van der Waals surface area contributed by atoms with Crippen LogP contribution in [0.4, 0.5) is 15.8 Å². The van der Waals surface area contributed by atoms with Crippen LogP contribution < -0.4 is 10.6 Å². The molecule has 0 saturated heterocycles. The summed E-state index contributed by atoms with van der Waals surface area (Å²) in [5, 5.41) is 7.87. The van der Waals surface area contributed by atoms with Crippen LogP contribution in [0.2, 0.25) is 0 Å². The number of hydrogen-bond acceptors (Lipinski definition) is 7. The number of thiazole rings is 1. The van der Waals surface area contributed by atoms with Gasteiger partial charge in [-0.3, -0.25) is 14.2 Å². The summed E-state index contributed by atoms with van der Waals surface area (Å²) < 4.78 is 2.03. The van der Waals surface area contributed by atoms with Gasteiger partial charge in [-0.05, 0) is 50.2 Å². The number of nitrogens with zero attached hydrogens (tertiary/aromatic N) is 4. The molecule has 0 unspecified atom stereocenters. The Morgan fingerprint density at radius 3 is 2.81 bits per heavy atom. The number of rotatable bonds is 5. The zero-order chi connectivity index (χ0) is 21.4. The Hall–Kier alpha value is -3.56. The van der Waals surface area contributed by atoms with Gasteiger partial charge in [0.1, 0.15) is 11.3 Å². The molecule has 0 bridgehead atoms. The minimum atomic E-state index is -0.157. The topological polar surface area (TPSA) is 84.2 Å². The largest absolute Gasteiger partial charge is 0.323 e. The Labute approximate surface area is 186 Å². The highest BCUT2D eigenvalue weighted by atomic mass is 32.1. The first-order chi connectivity index (χ1) is 15.1. The number of nitrogens with one attached hydrogen (secondary N) is 2. The highest BCUT2D eigenvalue weighted by molar-refractivity contribution is 7.19. The van der Waals surface area contributed by atoms with Crippen molar-refractivity contribution in [1.29, 1.82) is 0 Å². The molecule has 0 aliphatic rings. The fourth-order valence-electron chi connectivity index (χ4n) is 3.23. The number of aromatic nitrogens is 4. The summed E-state index contributed by atoms with van der Waals surface area (Å²) in [6.07, 6.45) is 5.53. The van der Waals surface area contributed by atoms with E-state index in [1.54, 1.807) is 29.7 Å². The quantitative estimate of drug-likeness (QED) is 0.371. The third kappa shape index (κ3) is 3.80. The molecule has 154 valence electrons. The maximum absolute atomic E-state index is 12.6. The first kappa shape index (κ1) is 19.4. The van der Waals surface area contributed by atoms with Crippen LogP contribution in [0.1, 0.15) is 20.2 Å². The number of anilines is 3. The second-order valence-corrected chi connectivity index (χ2v) is 9.16. The van der Waals surface area contributed by atoms with Gasteiger partial charge in [-0.2, -0.15) is 0 Å². The predicted molar refractivity (Wildman–Crippen MR) is 126 cm³/mol. The van der Waals surface area contributed by atoms with Gasteiger partial charge in [-0.1, -0.05) is 6.07 Å². The Kier molecular flexibility index (Phi) is 4.97. The van der Waals surface area contributed by atoms with Crippen molar-refractivity contribution in [2.45, 2.75) is 13.8 Å². The Morgan fingerprint density at radius 1 is 1.03 bits per heavy atom. The van der Waals surface area contributed by atoms with Crippen molar-refractivity contribution < 1.29 is 4.79 Å². The van der Waals surface area contributed by atoms with Gasteiger partial charge in [0.25, 0.3) is 5.91 Å². The van der Waals surface area contributed by atoms with Crippen molar-refractivity contribution >= 4 is 50.0 Å². The Bertz CT molecular complexity index is 1400. The molecule has 0 atom stereocenters. The smallest absolute Gasteiger partial charge is 0.265 e. The number of aryl methyl sites for hydroxylation is 2. The van der Waals surface area contributed by atoms with E-state index in [0.717, 1.165) is 37.7 Å². The number of carbonyl (C=O) groups excluding carboxylic acids is 1. The molecular formula is C22H18N6OS2. The molecule has 5 aromatic heterocycles. The summed E-state index contributed by atoms with van der Waals surface area (Å²) in [6.45, 7) is 3.91. The Balaban J connectivity index is 1.35.